The SMILES string of the molecule is COC(=O)c1cccc(N2C(=O)[C@@H]3[C@H](C2=O)[C@H]2C=C[C@H]3C2=C(c2ccccc2)c2ccccc2)c1. The van der Waals surface area contributed by atoms with Crippen LogP contribution in [0.1, 0.15) is 21.5 Å². The number of imide groups is 1. The first-order valence-corrected chi connectivity index (χ1v) is 11.7. The lowest BCUT2D eigenvalue weighted by atomic mass is 9.85. The Morgan fingerprint density at radius 3 is 1.74 bits per heavy atom. The largest absolute Gasteiger partial charge is 0.465 e. The maximum absolute atomic E-state index is 13.7. The van der Waals surface area contributed by atoms with Crippen molar-refractivity contribution in [3.63, 3.8) is 0 Å². The van der Waals surface area contributed by atoms with Gasteiger partial charge >= 0.3 is 5.97 Å². The van der Waals surface area contributed by atoms with Gasteiger partial charge < -0.3 is 4.74 Å². The lowest BCUT2D eigenvalue weighted by Crippen LogP contribution is -2.33. The first-order chi connectivity index (χ1) is 17.1. The van der Waals surface area contributed by atoms with E-state index < -0.39 is 17.8 Å². The first kappa shape index (κ1) is 21.3. The molecule has 35 heavy (non-hydrogen) atoms. The molecule has 0 spiro atoms. The third kappa shape index (κ3) is 3.19. The van der Waals surface area contributed by atoms with Crippen molar-refractivity contribution in [2.75, 3.05) is 12.0 Å². The molecule has 5 nitrogen and oxygen atoms in total. The highest BCUT2D eigenvalue weighted by molar-refractivity contribution is 6.23. The van der Waals surface area contributed by atoms with Crippen molar-refractivity contribution >= 4 is 29.0 Å². The number of carbonyl (C=O) groups is 3. The van der Waals surface area contributed by atoms with Crippen LogP contribution in [0, 0.1) is 23.7 Å². The van der Waals surface area contributed by atoms with Gasteiger partial charge in [-0.2, -0.15) is 0 Å². The number of hydrogen-bond donors (Lipinski definition) is 0. The van der Waals surface area contributed by atoms with E-state index in [-0.39, 0.29) is 23.7 Å². The van der Waals surface area contributed by atoms with Crippen LogP contribution in [0.5, 0.6) is 0 Å². The van der Waals surface area contributed by atoms with Crippen LogP contribution in [-0.2, 0) is 14.3 Å². The number of hydrogen-bond acceptors (Lipinski definition) is 4. The highest BCUT2D eigenvalue weighted by Crippen LogP contribution is 2.58. The van der Waals surface area contributed by atoms with Gasteiger partial charge in [0.2, 0.25) is 11.8 Å². The Bertz CT molecular complexity index is 1330. The molecule has 2 bridgehead atoms. The van der Waals surface area contributed by atoms with Gasteiger partial charge in [0, 0.05) is 11.8 Å². The van der Waals surface area contributed by atoms with Crippen LogP contribution in [0.4, 0.5) is 5.69 Å². The monoisotopic (exact) mass is 461 g/mol. The Labute approximate surface area is 203 Å². The first-order valence-electron chi connectivity index (χ1n) is 11.7. The van der Waals surface area contributed by atoms with E-state index in [9.17, 15) is 14.4 Å². The summed E-state index contributed by atoms with van der Waals surface area (Å²) in [5.41, 5.74) is 5.11. The summed E-state index contributed by atoms with van der Waals surface area (Å²) in [6.07, 6.45) is 4.18. The molecular weight excluding hydrogens is 438 g/mol. The maximum Gasteiger partial charge on any atom is 0.337 e. The van der Waals surface area contributed by atoms with Gasteiger partial charge in [-0.15, -0.1) is 0 Å². The summed E-state index contributed by atoms with van der Waals surface area (Å²) >= 11 is 0. The Morgan fingerprint density at radius 1 is 0.714 bits per heavy atom. The third-order valence-electron chi connectivity index (χ3n) is 7.35. The Balaban J connectivity index is 1.45. The second kappa shape index (κ2) is 8.20. The molecule has 0 radical (unpaired) electrons. The highest BCUT2D eigenvalue weighted by Gasteiger charge is 2.62. The molecular formula is C30H23NO4. The molecule has 1 saturated carbocycles. The number of ether oxygens (including phenoxy) is 1. The number of benzene rings is 3. The van der Waals surface area contributed by atoms with E-state index in [1.54, 1.807) is 24.3 Å². The number of fused-ring (bicyclic) bond motifs is 5. The Kier molecular flexibility index (Phi) is 4.99. The van der Waals surface area contributed by atoms with Gasteiger partial charge in [0.25, 0.3) is 0 Å². The van der Waals surface area contributed by atoms with Crippen LogP contribution >= 0.6 is 0 Å². The summed E-state index contributed by atoms with van der Waals surface area (Å²) in [7, 11) is 1.31. The van der Waals surface area contributed by atoms with E-state index in [1.165, 1.54) is 12.0 Å². The molecule has 0 unspecified atom stereocenters. The van der Waals surface area contributed by atoms with Crippen molar-refractivity contribution in [3.8, 4) is 0 Å². The molecule has 4 atom stereocenters. The maximum atomic E-state index is 13.7. The summed E-state index contributed by atoms with van der Waals surface area (Å²) in [6.45, 7) is 0. The predicted molar refractivity (Wildman–Crippen MR) is 132 cm³/mol. The number of carbonyl (C=O) groups excluding carboxylic acids is 3. The summed E-state index contributed by atoms with van der Waals surface area (Å²) < 4.78 is 4.81. The fraction of sp³-hybridized carbons (Fsp3) is 0.167. The summed E-state index contributed by atoms with van der Waals surface area (Å²) in [5.74, 6) is -2.12. The van der Waals surface area contributed by atoms with E-state index in [4.69, 9.17) is 4.74 Å². The average Bonchev–Trinajstić information content (AvgIpc) is 3.54. The minimum absolute atomic E-state index is 0.148. The van der Waals surface area contributed by atoms with Gasteiger partial charge in [-0.3, -0.25) is 9.59 Å². The second-order valence-corrected chi connectivity index (χ2v) is 9.10. The molecule has 2 fully saturated rings. The Morgan fingerprint density at radius 2 is 1.23 bits per heavy atom. The van der Waals surface area contributed by atoms with Crippen LogP contribution < -0.4 is 4.90 Å². The second-order valence-electron chi connectivity index (χ2n) is 9.10. The van der Waals surface area contributed by atoms with Gasteiger partial charge in [0.05, 0.1) is 30.2 Å². The lowest BCUT2D eigenvalue weighted by molar-refractivity contribution is -0.122. The number of amides is 2. The summed E-state index contributed by atoms with van der Waals surface area (Å²) in [6, 6.07) is 26.8. The minimum Gasteiger partial charge on any atom is -0.465 e. The zero-order valence-corrected chi connectivity index (χ0v) is 19.1. The van der Waals surface area contributed by atoms with E-state index in [2.05, 4.69) is 36.4 Å². The molecule has 1 aliphatic heterocycles. The summed E-state index contributed by atoms with van der Waals surface area (Å²) in [5, 5.41) is 0. The number of nitrogens with zero attached hydrogens (tertiary/aromatic N) is 1. The molecule has 3 aromatic carbocycles. The van der Waals surface area contributed by atoms with Gasteiger partial charge in [0.15, 0.2) is 0 Å². The van der Waals surface area contributed by atoms with Crippen LogP contribution in [0.3, 0.4) is 0 Å². The molecule has 3 aliphatic rings. The smallest absolute Gasteiger partial charge is 0.337 e. The topological polar surface area (TPSA) is 63.7 Å². The molecule has 0 aromatic heterocycles. The van der Waals surface area contributed by atoms with Gasteiger partial charge in [-0.05, 0) is 40.5 Å². The van der Waals surface area contributed by atoms with Crippen molar-refractivity contribution in [3.05, 3.63) is 119 Å². The molecule has 2 amide bonds. The van der Waals surface area contributed by atoms with Gasteiger partial charge in [0.1, 0.15) is 0 Å². The van der Waals surface area contributed by atoms with Crippen molar-refractivity contribution in [2.45, 2.75) is 0 Å². The lowest BCUT2D eigenvalue weighted by Gasteiger charge is -2.22. The number of esters is 1. The molecule has 5 heteroatoms. The number of methoxy groups -OCH3 is 1. The molecule has 3 aromatic rings. The summed E-state index contributed by atoms with van der Waals surface area (Å²) in [4.78, 5) is 40.7. The molecule has 2 aliphatic carbocycles. The zero-order chi connectivity index (χ0) is 24.1. The number of allylic oxidation sites excluding steroid dienone is 3. The van der Waals surface area contributed by atoms with Crippen molar-refractivity contribution in [1.29, 1.82) is 0 Å². The van der Waals surface area contributed by atoms with Crippen LogP contribution in [-0.4, -0.2) is 24.9 Å². The van der Waals surface area contributed by atoms with Crippen LogP contribution in [0.25, 0.3) is 5.57 Å². The standard InChI is InChI=1S/C30H23NO4/c1-35-30(34)20-13-8-14-21(17-20)31-28(32)26-22-15-16-23(27(26)29(31)33)25(22)24(18-9-4-2-5-10-18)19-11-6-3-7-12-19/h2-17,22-23,26-27H,1H3/t22-,23-,26-,27+/m0/s1. The van der Waals surface area contributed by atoms with Crippen molar-refractivity contribution in [1.82, 2.24) is 0 Å². The number of rotatable bonds is 4. The van der Waals surface area contributed by atoms with Gasteiger partial charge in [-0.1, -0.05) is 78.9 Å². The zero-order valence-electron chi connectivity index (χ0n) is 19.1. The predicted octanol–water partition coefficient (Wildman–Crippen LogP) is 4.90. The van der Waals surface area contributed by atoms with Crippen LogP contribution in [0.2, 0.25) is 0 Å². The molecule has 172 valence electrons. The average molecular weight is 462 g/mol. The fourth-order valence-electron chi connectivity index (χ4n) is 5.95. The molecule has 1 heterocycles. The minimum atomic E-state index is -0.506. The van der Waals surface area contributed by atoms with Crippen molar-refractivity contribution < 1.29 is 19.1 Å². The Hall–Kier alpha value is -4.25. The molecule has 6 rings (SSSR count). The quantitative estimate of drug-likeness (QED) is 0.315. The van der Waals surface area contributed by atoms with E-state index >= 15 is 0 Å². The van der Waals surface area contributed by atoms with E-state index in [0.717, 1.165) is 22.3 Å². The molecule has 1 saturated heterocycles. The normalized spacial score (nSPS) is 24.1. The van der Waals surface area contributed by atoms with Crippen LogP contribution in [0.15, 0.2) is 103 Å². The van der Waals surface area contributed by atoms with Gasteiger partial charge in [-0.25, -0.2) is 9.69 Å². The highest BCUT2D eigenvalue weighted by atomic mass is 16.5. The fourth-order valence-corrected chi connectivity index (χ4v) is 5.95. The molecule has 0 N–H and O–H groups in total. The third-order valence-corrected chi connectivity index (χ3v) is 7.35. The van der Waals surface area contributed by atoms with E-state index in [1.807, 2.05) is 36.4 Å². The van der Waals surface area contributed by atoms with E-state index in [0.29, 0.717) is 11.3 Å². The van der Waals surface area contributed by atoms with Crippen molar-refractivity contribution in [2.24, 2.45) is 23.7 Å². The number of anilines is 1.